The van der Waals surface area contributed by atoms with E-state index in [4.69, 9.17) is 0 Å². The lowest BCUT2D eigenvalue weighted by Crippen LogP contribution is -2.21. The first kappa shape index (κ1) is 17.9. The van der Waals surface area contributed by atoms with E-state index in [1.807, 2.05) is 0 Å². The summed E-state index contributed by atoms with van der Waals surface area (Å²) in [5.41, 5.74) is 0.843. The van der Waals surface area contributed by atoms with E-state index in [0.29, 0.717) is 11.4 Å². The highest BCUT2D eigenvalue weighted by atomic mass is 32.1. The molecule has 0 N–H and O–H groups in total. The monoisotopic (exact) mass is 342 g/mol. The largest absolute Gasteiger partial charge is 0.450 e. The minimum absolute atomic E-state index is 0.421. The molecule has 0 bridgehead atoms. The van der Waals surface area contributed by atoms with E-state index in [2.05, 4.69) is 45.6 Å². The van der Waals surface area contributed by atoms with Gasteiger partial charge in [0, 0.05) is 12.4 Å². The lowest BCUT2D eigenvalue weighted by atomic mass is 10.3. The average molecular weight is 342 g/mol. The molecular weight excluding hydrogens is 328 g/mol. The van der Waals surface area contributed by atoms with Crippen molar-refractivity contribution in [3.63, 3.8) is 0 Å². The maximum absolute atomic E-state index is 11.5. The molecule has 0 fully saturated rings. The molecule has 0 aliphatic carbocycles. The van der Waals surface area contributed by atoms with E-state index in [1.54, 1.807) is 38.1 Å². The maximum Gasteiger partial charge on any atom is 0.450 e. The van der Waals surface area contributed by atoms with E-state index in [9.17, 15) is 9.59 Å². The van der Waals surface area contributed by atoms with Gasteiger partial charge in [0.15, 0.2) is 0 Å². The number of oxime groups is 2. The van der Waals surface area contributed by atoms with Crippen molar-refractivity contribution in [3.05, 3.63) is 24.3 Å². The standard InChI is InChI=1S/C12H14N4O4S2/c1-3-13-19-11(17)15(21)9-5-7-10(8-6-9)16(22)12(18)20-14-4-2/h3-8,21-22H,1-2H3/b13-3+,14-4+. The molecule has 2 amide bonds. The number of rotatable bonds is 4. The number of benzene rings is 1. The second kappa shape index (κ2) is 8.95. The predicted molar refractivity (Wildman–Crippen MR) is 90.7 cm³/mol. The second-order valence-electron chi connectivity index (χ2n) is 3.58. The van der Waals surface area contributed by atoms with Crippen molar-refractivity contribution in [1.29, 1.82) is 0 Å². The molecule has 0 aliphatic heterocycles. The van der Waals surface area contributed by atoms with Crippen LogP contribution in [0, 0.1) is 0 Å². The normalized spacial score (nSPS) is 10.7. The fourth-order valence-corrected chi connectivity index (χ4v) is 1.56. The Morgan fingerprint density at radius 2 is 1.23 bits per heavy atom. The molecule has 0 saturated carbocycles. The van der Waals surface area contributed by atoms with Gasteiger partial charge < -0.3 is 0 Å². The van der Waals surface area contributed by atoms with Gasteiger partial charge in [-0.2, -0.15) is 0 Å². The number of carbonyl (C=O) groups is 2. The van der Waals surface area contributed by atoms with E-state index in [1.165, 1.54) is 12.4 Å². The van der Waals surface area contributed by atoms with Crippen molar-refractivity contribution in [2.75, 3.05) is 8.61 Å². The summed E-state index contributed by atoms with van der Waals surface area (Å²) in [6.07, 6.45) is 1.11. The van der Waals surface area contributed by atoms with Gasteiger partial charge in [-0.05, 0) is 38.1 Å². The Morgan fingerprint density at radius 1 is 0.909 bits per heavy atom. The summed E-state index contributed by atoms with van der Waals surface area (Å²) >= 11 is 8.00. The molecule has 118 valence electrons. The number of thiol groups is 2. The molecule has 0 spiro atoms. The number of carbonyl (C=O) groups excluding carboxylic acids is 2. The van der Waals surface area contributed by atoms with Crippen LogP contribution in [0.4, 0.5) is 21.0 Å². The molecule has 0 saturated heterocycles. The summed E-state index contributed by atoms with van der Waals surface area (Å²) in [4.78, 5) is 32.2. The maximum atomic E-state index is 11.5. The van der Waals surface area contributed by atoms with Crippen LogP contribution in [0.1, 0.15) is 13.8 Å². The first-order valence-corrected chi connectivity index (χ1v) is 6.77. The van der Waals surface area contributed by atoms with Crippen LogP contribution in [-0.2, 0) is 9.68 Å². The van der Waals surface area contributed by atoms with Crippen molar-refractivity contribution in [1.82, 2.24) is 0 Å². The molecule has 0 unspecified atom stereocenters. The Hall–Kier alpha value is -2.20. The molecule has 0 atom stereocenters. The van der Waals surface area contributed by atoms with E-state index >= 15 is 0 Å². The van der Waals surface area contributed by atoms with Crippen molar-refractivity contribution >= 4 is 61.6 Å². The molecule has 0 aliphatic rings. The predicted octanol–water partition coefficient (Wildman–Crippen LogP) is 3.27. The van der Waals surface area contributed by atoms with Gasteiger partial charge in [-0.15, -0.1) is 0 Å². The zero-order valence-electron chi connectivity index (χ0n) is 11.8. The smallest absolute Gasteiger partial charge is 0.297 e. The van der Waals surface area contributed by atoms with Crippen LogP contribution < -0.4 is 8.61 Å². The molecular formula is C12H14N4O4S2. The van der Waals surface area contributed by atoms with E-state index in [0.717, 1.165) is 8.61 Å². The summed E-state index contributed by atoms with van der Waals surface area (Å²) < 4.78 is 1.92. The van der Waals surface area contributed by atoms with E-state index < -0.39 is 12.2 Å². The summed E-state index contributed by atoms with van der Waals surface area (Å²) in [6.45, 7) is 3.21. The van der Waals surface area contributed by atoms with Crippen molar-refractivity contribution in [2.24, 2.45) is 10.3 Å². The topological polar surface area (TPSA) is 83.8 Å². The Morgan fingerprint density at radius 3 is 1.50 bits per heavy atom. The second-order valence-corrected chi connectivity index (χ2v) is 4.38. The van der Waals surface area contributed by atoms with Gasteiger partial charge in [0.05, 0.1) is 11.4 Å². The minimum atomic E-state index is -0.770. The van der Waals surface area contributed by atoms with Gasteiger partial charge in [0.25, 0.3) is 0 Å². The van der Waals surface area contributed by atoms with Crippen molar-refractivity contribution in [3.8, 4) is 0 Å². The highest BCUT2D eigenvalue weighted by molar-refractivity contribution is 7.82. The van der Waals surface area contributed by atoms with Crippen LogP contribution in [0.3, 0.4) is 0 Å². The quantitative estimate of drug-likeness (QED) is 0.381. The van der Waals surface area contributed by atoms with Crippen LogP contribution in [-0.4, -0.2) is 24.6 Å². The number of nitrogens with zero attached hydrogens (tertiary/aromatic N) is 4. The summed E-state index contributed by atoms with van der Waals surface area (Å²) in [5, 5.41) is 6.71. The lowest BCUT2D eigenvalue weighted by Gasteiger charge is -2.16. The third-order valence-corrected chi connectivity index (χ3v) is 2.95. The van der Waals surface area contributed by atoms with Gasteiger partial charge >= 0.3 is 12.2 Å². The third-order valence-electron chi connectivity index (χ3n) is 2.16. The number of hydrogen-bond donors (Lipinski definition) is 2. The fraction of sp³-hybridized carbons (Fsp3) is 0.167. The molecule has 22 heavy (non-hydrogen) atoms. The van der Waals surface area contributed by atoms with Gasteiger partial charge in [-0.25, -0.2) is 18.2 Å². The molecule has 1 aromatic rings. The van der Waals surface area contributed by atoms with Crippen molar-refractivity contribution < 1.29 is 19.3 Å². The number of anilines is 2. The van der Waals surface area contributed by atoms with Crippen LogP contribution in [0.2, 0.25) is 0 Å². The summed E-state index contributed by atoms with van der Waals surface area (Å²) in [7, 11) is 0. The summed E-state index contributed by atoms with van der Waals surface area (Å²) in [5.74, 6) is 0. The first-order chi connectivity index (χ1) is 10.5. The van der Waals surface area contributed by atoms with Gasteiger partial charge in [-0.1, -0.05) is 35.9 Å². The molecule has 1 rings (SSSR count). The van der Waals surface area contributed by atoms with Crippen molar-refractivity contribution in [2.45, 2.75) is 13.8 Å². The van der Waals surface area contributed by atoms with Crippen LogP contribution >= 0.6 is 25.6 Å². The van der Waals surface area contributed by atoms with Crippen LogP contribution in [0.15, 0.2) is 34.6 Å². The SMILES string of the molecule is C/C=N/OC(=O)N(S)c1ccc(N(S)C(=O)O/N=C/C)cc1. The Kier molecular flexibility index (Phi) is 7.26. The molecule has 1 aromatic carbocycles. The zero-order chi connectivity index (χ0) is 16.5. The van der Waals surface area contributed by atoms with Crippen LogP contribution in [0.5, 0.6) is 0 Å². The minimum Gasteiger partial charge on any atom is -0.297 e. The highest BCUT2D eigenvalue weighted by Gasteiger charge is 2.16. The molecule has 0 radical (unpaired) electrons. The Bertz CT molecular complexity index is 526. The van der Waals surface area contributed by atoms with Crippen LogP contribution in [0.25, 0.3) is 0 Å². The summed E-state index contributed by atoms with van der Waals surface area (Å²) in [6, 6.07) is 6.16. The molecule has 10 heteroatoms. The van der Waals surface area contributed by atoms with Gasteiger partial charge in [-0.3, -0.25) is 9.68 Å². The third kappa shape index (κ3) is 4.97. The first-order valence-electron chi connectivity index (χ1n) is 5.97. The van der Waals surface area contributed by atoms with E-state index in [-0.39, 0.29) is 0 Å². The number of amides is 2. The highest BCUT2D eigenvalue weighted by Crippen LogP contribution is 2.24. The van der Waals surface area contributed by atoms with Gasteiger partial charge in [0.2, 0.25) is 0 Å². The average Bonchev–Trinajstić information content (AvgIpc) is 2.56. The Balaban J connectivity index is 2.77. The fourth-order valence-electron chi connectivity index (χ4n) is 1.22. The Labute approximate surface area is 138 Å². The number of hydrogen-bond acceptors (Lipinski definition) is 8. The molecule has 0 aromatic heterocycles. The van der Waals surface area contributed by atoms with Gasteiger partial charge in [0.1, 0.15) is 0 Å². The zero-order valence-corrected chi connectivity index (χ0v) is 13.6. The molecule has 8 nitrogen and oxygen atoms in total. The molecule has 0 heterocycles. The lowest BCUT2D eigenvalue weighted by molar-refractivity contribution is 0.163.